The molecule has 0 amide bonds. The fraction of sp³-hybridized carbons (Fsp3) is 0. The fourth-order valence-corrected chi connectivity index (χ4v) is 7.15. The standard InChI is InChI=1S/C39H25N5/c1-3-13-26(14-4-1)41-32-19-9-7-17-29(32)30-24-23-28(25-36(30)41)42-33-20-10-8-18-31(33)37-38(42)40-39-43(27-15-5-2-6-16-27)34-21-11-12-22-35(34)44(37)39/h1-25H. The van der Waals surface area contributed by atoms with Gasteiger partial charge in [0.2, 0.25) is 5.78 Å². The molecule has 5 nitrogen and oxygen atoms in total. The van der Waals surface area contributed by atoms with Crippen LogP contribution in [0.1, 0.15) is 0 Å². The summed E-state index contributed by atoms with van der Waals surface area (Å²) >= 11 is 0. The lowest BCUT2D eigenvalue weighted by Crippen LogP contribution is -1.98. The molecule has 4 aromatic heterocycles. The minimum Gasteiger partial charge on any atom is -0.309 e. The zero-order valence-corrected chi connectivity index (χ0v) is 23.7. The summed E-state index contributed by atoms with van der Waals surface area (Å²) in [4.78, 5) is 5.43. The van der Waals surface area contributed by atoms with E-state index in [1.807, 2.05) is 0 Å². The molecule has 10 rings (SSSR count). The molecule has 4 heterocycles. The van der Waals surface area contributed by atoms with Gasteiger partial charge in [-0.05, 0) is 60.7 Å². The third-order valence-electron chi connectivity index (χ3n) is 8.96. The number of fused-ring (bicyclic) bond motifs is 10. The zero-order valence-electron chi connectivity index (χ0n) is 23.7. The van der Waals surface area contributed by atoms with Crippen molar-refractivity contribution in [3.05, 3.63) is 152 Å². The van der Waals surface area contributed by atoms with Crippen molar-refractivity contribution in [2.75, 3.05) is 0 Å². The first kappa shape index (κ1) is 23.5. The maximum absolute atomic E-state index is 5.43. The summed E-state index contributed by atoms with van der Waals surface area (Å²) in [5, 5.41) is 3.66. The van der Waals surface area contributed by atoms with Gasteiger partial charge in [0.05, 0.1) is 27.6 Å². The zero-order chi connectivity index (χ0) is 28.8. The highest BCUT2D eigenvalue weighted by molar-refractivity contribution is 6.12. The minimum atomic E-state index is 0.904. The van der Waals surface area contributed by atoms with E-state index in [1.165, 1.54) is 27.2 Å². The summed E-state index contributed by atoms with van der Waals surface area (Å²) < 4.78 is 9.30. The number of para-hydroxylation sites is 6. The van der Waals surface area contributed by atoms with Crippen LogP contribution in [0.2, 0.25) is 0 Å². The lowest BCUT2D eigenvalue weighted by Gasteiger charge is -2.10. The third-order valence-corrected chi connectivity index (χ3v) is 8.96. The van der Waals surface area contributed by atoms with Gasteiger partial charge in [0.25, 0.3) is 0 Å². The van der Waals surface area contributed by atoms with Crippen LogP contribution in [-0.2, 0) is 0 Å². The number of aromatic nitrogens is 5. The molecule has 5 heteroatoms. The van der Waals surface area contributed by atoms with E-state index in [0.717, 1.165) is 50.6 Å². The Morgan fingerprint density at radius 1 is 0.364 bits per heavy atom. The number of benzene rings is 6. The maximum atomic E-state index is 5.43. The van der Waals surface area contributed by atoms with Crippen molar-refractivity contribution in [1.29, 1.82) is 0 Å². The normalized spacial score (nSPS) is 12.1. The third kappa shape index (κ3) is 3.05. The molecule has 0 N–H and O–H groups in total. The second kappa shape index (κ2) is 8.72. The van der Waals surface area contributed by atoms with Crippen LogP contribution in [0.25, 0.3) is 77.7 Å². The van der Waals surface area contributed by atoms with Crippen LogP contribution in [0, 0.1) is 0 Å². The Kier molecular flexibility index (Phi) is 4.66. The Morgan fingerprint density at radius 2 is 0.909 bits per heavy atom. The molecule has 0 radical (unpaired) electrons. The van der Waals surface area contributed by atoms with Gasteiger partial charge in [-0.15, -0.1) is 0 Å². The molecule has 0 spiro atoms. The second-order valence-corrected chi connectivity index (χ2v) is 11.3. The number of rotatable bonds is 3. The number of hydrogen-bond acceptors (Lipinski definition) is 1. The lowest BCUT2D eigenvalue weighted by atomic mass is 10.1. The molecule has 0 atom stereocenters. The van der Waals surface area contributed by atoms with Gasteiger partial charge in [0.1, 0.15) is 5.52 Å². The maximum Gasteiger partial charge on any atom is 0.222 e. The van der Waals surface area contributed by atoms with E-state index in [1.54, 1.807) is 0 Å². The van der Waals surface area contributed by atoms with E-state index in [0.29, 0.717) is 0 Å². The Labute approximate surface area is 252 Å². The summed E-state index contributed by atoms with van der Waals surface area (Å²) in [7, 11) is 0. The van der Waals surface area contributed by atoms with Gasteiger partial charge in [-0.25, -0.2) is 0 Å². The monoisotopic (exact) mass is 563 g/mol. The number of nitrogens with zero attached hydrogens (tertiary/aromatic N) is 5. The van der Waals surface area contributed by atoms with Crippen LogP contribution in [0.4, 0.5) is 0 Å². The van der Waals surface area contributed by atoms with Gasteiger partial charge in [0.15, 0.2) is 5.65 Å². The van der Waals surface area contributed by atoms with Gasteiger partial charge in [0, 0.05) is 33.2 Å². The Bertz CT molecular complexity index is 2700. The van der Waals surface area contributed by atoms with Crippen molar-refractivity contribution in [3.63, 3.8) is 0 Å². The largest absolute Gasteiger partial charge is 0.309 e. The highest BCUT2D eigenvalue weighted by Crippen LogP contribution is 2.38. The molecule has 0 bridgehead atoms. The number of hydrogen-bond donors (Lipinski definition) is 0. The SMILES string of the molecule is c1ccc(-n2c3ccccc3c3ccc(-n4c5ccccc5c5c4nc4n(-c6ccccc6)c6ccccc6n54)cc32)cc1. The molecule has 0 saturated heterocycles. The van der Waals surface area contributed by atoms with Crippen molar-refractivity contribution in [2.45, 2.75) is 0 Å². The summed E-state index contributed by atoms with van der Waals surface area (Å²) in [6, 6.07) is 53.9. The van der Waals surface area contributed by atoms with Gasteiger partial charge < -0.3 is 4.57 Å². The van der Waals surface area contributed by atoms with Crippen LogP contribution >= 0.6 is 0 Å². The smallest absolute Gasteiger partial charge is 0.222 e. The summed E-state index contributed by atoms with van der Waals surface area (Å²) in [6.45, 7) is 0. The van der Waals surface area contributed by atoms with E-state index < -0.39 is 0 Å². The summed E-state index contributed by atoms with van der Waals surface area (Å²) in [5.41, 5.74) is 11.2. The summed E-state index contributed by atoms with van der Waals surface area (Å²) in [6.07, 6.45) is 0. The van der Waals surface area contributed by atoms with Crippen molar-refractivity contribution < 1.29 is 0 Å². The lowest BCUT2D eigenvalue weighted by molar-refractivity contribution is 1.09. The summed E-state index contributed by atoms with van der Waals surface area (Å²) in [5.74, 6) is 0.904. The Morgan fingerprint density at radius 3 is 1.64 bits per heavy atom. The minimum absolute atomic E-state index is 0.904. The van der Waals surface area contributed by atoms with Crippen molar-refractivity contribution >= 4 is 60.7 Å². The van der Waals surface area contributed by atoms with Crippen molar-refractivity contribution in [3.8, 4) is 17.1 Å². The molecule has 0 saturated carbocycles. The molecule has 206 valence electrons. The average molecular weight is 564 g/mol. The predicted octanol–water partition coefficient (Wildman–Crippen LogP) is 9.47. The Hall–Kier alpha value is -6.07. The van der Waals surface area contributed by atoms with Crippen LogP contribution in [-0.4, -0.2) is 23.1 Å². The topological polar surface area (TPSA) is 32.1 Å². The van der Waals surface area contributed by atoms with E-state index in [-0.39, 0.29) is 0 Å². The Balaban J connectivity index is 1.34. The molecule has 0 aliphatic heterocycles. The highest BCUT2D eigenvalue weighted by atomic mass is 15.2. The van der Waals surface area contributed by atoms with Gasteiger partial charge in [-0.3, -0.25) is 13.5 Å². The fourth-order valence-electron chi connectivity index (χ4n) is 7.15. The average Bonchev–Trinajstić information content (AvgIpc) is 3.80. The molecule has 44 heavy (non-hydrogen) atoms. The molecule has 0 aliphatic rings. The highest BCUT2D eigenvalue weighted by Gasteiger charge is 2.24. The van der Waals surface area contributed by atoms with Crippen LogP contribution < -0.4 is 0 Å². The van der Waals surface area contributed by atoms with Gasteiger partial charge >= 0.3 is 0 Å². The number of imidazole rings is 2. The molecule has 6 aromatic carbocycles. The van der Waals surface area contributed by atoms with E-state index >= 15 is 0 Å². The molecule has 0 fully saturated rings. The van der Waals surface area contributed by atoms with Gasteiger partial charge in [-0.1, -0.05) is 91.0 Å². The van der Waals surface area contributed by atoms with Crippen molar-refractivity contribution in [1.82, 2.24) is 23.1 Å². The predicted molar refractivity (Wildman–Crippen MR) is 181 cm³/mol. The van der Waals surface area contributed by atoms with Crippen molar-refractivity contribution in [2.24, 2.45) is 0 Å². The molecular weight excluding hydrogens is 538 g/mol. The second-order valence-electron chi connectivity index (χ2n) is 11.3. The molecular formula is C39H25N5. The first-order chi connectivity index (χ1) is 21.9. The van der Waals surface area contributed by atoms with Gasteiger partial charge in [-0.2, -0.15) is 4.98 Å². The van der Waals surface area contributed by atoms with E-state index in [2.05, 4.69) is 170 Å². The van der Waals surface area contributed by atoms with Crippen LogP contribution in [0.15, 0.2) is 152 Å². The quantitative estimate of drug-likeness (QED) is 0.211. The molecule has 10 aromatic rings. The first-order valence-electron chi connectivity index (χ1n) is 14.9. The van der Waals surface area contributed by atoms with E-state index in [9.17, 15) is 0 Å². The molecule has 0 aliphatic carbocycles. The molecule has 0 unspecified atom stereocenters. The van der Waals surface area contributed by atoms with Crippen LogP contribution in [0.3, 0.4) is 0 Å². The first-order valence-corrected chi connectivity index (χ1v) is 14.9. The van der Waals surface area contributed by atoms with Crippen LogP contribution in [0.5, 0.6) is 0 Å². The van der Waals surface area contributed by atoms with E-state index in [4.69, 9.17) is 4.98 Å².